The number of hydrogen-bond donors (Lipinski definition) is 2. The van der Waals surface area contributed by atoms with Crippen LogP contribution in [0.5, 0.6) is 0 Å². The Morgan fingerprint density at radius 3 is 2.83 bits per heavy atom. The molecule has 0 aliphatic rings. The minimum Gasteiger partial charge on any atom is -0.384 e. The van der Waals surface area contributed by atoms with Gasteiger partial charge in [-0.05, 0) is 13.3 Å². The van der Waals surface area contributed by atoms with Crippen molar-refractivity contribution in [1.29, 1.82) is 0 Å². The van der Waals surface area contributed by atoms with Crippen molar-refractivity contribution in [2.45, 2.75) is 32.7 Å². The van der Waals surface area contributed by atoms with Crippen LogP contribution in [-0.4, -0.2) is 9.78 Å². The number of nitrogens with one attached hydrogen (secondary N) is 1. The molecule has 1 atom stereocenters. The van der Waals surface area contributed by atoms with Crippen LogP contribution in [0, 0.1) is 0 Å². The second-order valence-corrected chi connectivity index (χ2v) is 3.05. The molecule has 0 aliphatic carbocycles. The standard InChI is InChI=1S/C8H15N3O/c1-3-4-6(2)11-7(9)5-8(12)10-11/h5-6H,3-4,9H2,1-2H3,(H,10,12)/t6-/m1/s1. The van der Waals surface area contributed by atoms with Gasteiger partial charge in [-0.15, -0.1) is 0 Å². The highest BCUT2D eigenvalue weighted by Crippen LogP contribution is 2.13. The van der Waals surface area contributed by atoms with Gasteiger partial charge in [-0.1, -0.05) is 13.3 Å². The van der Waals surface area contributed by atoms with Crippen LogP contribution in [0.15, 0.2) is 10.9 Å². The molecule has 4 nitrogen and oxygen atoms in total. The number of nitrogens with zero attached hydrogens (tertiary/aromatic N) is 1. The molecule has 0 unspecified atom stereocenters. The highest BCUT2D eigenvalue weighted by molar-refractivity contribution is 5.26. The average Bonchev–Trinajstić information content (AvgIpc) is 2.30. The number of aromatic nitrogens is 2. The normalized spacial score (nSPS) is 13.2. The lowest BCUT2D eigenvalue weighted by Crippen LogP contribution is -2.12. The first-order valence-corrected chi connectivity index (χ1v) is 4.22. The molecule has 0 saturated carbocycles. The Morgan fingerprint density at radius 2 is 2.42 bits per heavy atom. The highest BCUT2D eigenvalue weighted by Gasteiger charge is 2.06. The Balaban J connectivity index is 2.86. The topological polar surface area (TPSA) is 63.8 Å². The Labute approximate surface area is 71.4 Å². The molecule has 0 bridgehead atoms. The van der Waals surface area contributed by atoms with Crippen molar-refractivity contribution in [3.05, 3.63) is 16.4 Å². The van der Waals surface area contributed by atoms with E-state index in [0.717, 1.165) is 12.8 Å². The van der Waals surface area contributed by atoms with Crippen LogP contribution in [-0.2, 0) is 0 Å². The SMILES string of the molecule is CCC[C@@H](C)n1[nH]c(=O)cc1N. The van der Waals surface area contributed by atoms with Gasteiger partial charge in [0, 0.05) is 12.1 Å². The number of H-pyrrole nitrogens is 1. The van der Waals surface area contributed by atoms with Crippen LogP contribution in [0.3, 0.4) is 0 Å². The third-order valence-corrected chi connectivity index (χ3v) is 1.94. The zero-order valence-electron chi connectivity index (χ0n) is 7.50. The molecule has 68 valence electrons. The number of rotatable bonds is 3. The maximum atomic E-state index is 10.9. The van der Waals surface area contributed by atoms with Crippen molar-refractivity contribution in [1.82, 2.24) is 9.78 Å². The van der Waals surface area contributed by atoms with E-state index in [0.29, 0.717) is 5.82 Å². The van der Waals surface area contributed by atoms with Crippen LogP contribution in [0.4, 0.5) is 5.82 Å². The number of nitrogen functional groups attached to an aromatic ring is 1. The van der Waals surface area contributed by atoms with Gasteiger partial charge >= 0.3 is 0 Å². The average molecular weight is 169 g/mol. The Morgan fingerprint density at radius 1 is 1.75 bits per heavy atom. The summed E-state index contributed by atoms with van der Waals surface area (Å²) in [5, 5.41) is 2.66. The second-order valence-electron chi connectivity index (χ2n) is 3.05. The molecule has 4 heteroatoms. The summed E-state index contributed by atoms with van der Waals surface area (Å²) in [6.07, 6.45) is 2.11. The van der Waals surface area contributed by atoms with Gasteiger partial charge in [0.2, 0.25) is 0 Å². The van der Waals surface area contributed by atoms with Crippen LogP contribution in [0.1, 0.15) is 32.7 Å². The molecule has 0 aliphatic heterocycles. The molecule has 0 aromatic carbocycles. The Bertz CT molecular complexity index is 299. The molecule has 0 spiro atoms. The van der Waals surface area contributed by atoms with Gasteiger partial charge in [0.25, 0.3) is 5.56 Å². The predicted octanol–water partition coefficient (Wildman–Crippen LogP) is 1.12. The van der Waals surface area contributed by atoms with Gasteiger partial charge in [0.1, 0.15) is 5.82 Å². The summed E-state index contributed by atoms with van der Waals surface area (Å²) in [5.74, 6) is 0.515. The van der Waals surface area contributed by atoms with Crippen molar-refractivity contribution in [3.63, 3.8) is 0 Å². The molecule has 0 saturated heterocycles. The summed E-state index contributed by atoms with van der Waals surface area (Å²) in [4.78, 5) is 10.9. The van der Waals surface area contributed by atoms with E-state index in [9.17, 15) is 4.79 Å². The Kier molecular flexibility index (Phi) is 2.58. The van der Waals surface area contributed by atoms with Gasteiger partial charge in [-0.25, -0.2) is 0 Å². The van der Waals surface area contributed by atoms with Crippen molar-refractivity contribution < 1.29 is 0 Å². The zero-order valence-corrected chi connectivity index (χ0v) is 7.50. The molecule has 3 N–H and O–H groups in total. The molecule has 1 heterocycles. The smallest absolute Gasteiger partial charge is 0.266 e. The quantitative estimate of drug-likeness (QED) is 0.712. The van der Waals surface area contributed by atoms with E-state index in [1.165, 1.54) is 6.07 Å². The van der Waals surface area contributed by atoms with E-state index in [2.05, 4.69) is 12.0 Å². The molecule has 1 aromatic rings. The van der Waals surface area contributed by atoms with E-state index < -0.39 is 0 Å². The van der Waals surface area contributed by atoms with Crippen molar-refractivity contribution >= 4 is 5.82 Å². The fraction of sp³-hybridized carbons (Fsp3) is 0.625. The van der Waals surface area contributed by atoms with Gasteiger partial charge in [0.15, 0.2) is 0 Å². The van der Waals surface area contributed by atoms with Gasteiger partial charge in [-0.3, -0.25) is 14.6 Å². The van der Waals surface area contributed by atoms with E-state index in [4.69, 9.17) is 5.73 Å². The third kappa shape index (κ3) is 1.69. The minimum absolute atomic E-state index is 0.129. The van der Waals surface area contributed by atoms with Gasteiger partial charge < -0.3 is 5.73 Å². The summed E-state index contributed by atoms with van der Waals surface area (Å²) in [6.45, 7) is 4.14. The largest absolute Gasteiger partial charge is 0.384 e. The van der Waals surface area contributed by atoms with E-state index >= 15 is 0 Å². The highest BCUT2D eigenvalue weighted by atomic mass is 16.1. The van der Waals surface area contributed by atoms with Crippen LogP contribution in [0.25, 0.3) is 0 Å². The maximum absolute atomic E-state index is 10.9. The molecule has 0 radical (unpaired) electrons. The second kappa shape index (κ2) is 3.47. The van der Waals surface area contributed by atoms with E-state index in [-0.39, 0.29) is 11.6 Å². The molecule has 1 aromatic heterocycles. The van der Waals surface area contributed by atoms with Crippen molar-refractivity contribution in [2.75, 3.05) is 5.73 Å². The fourth-order valence-electron chi connectivity index (χ4n) is 1.33. The van der Waals surface area contributed by atoms with E-state index in [1.807, 2.05) is 6.92 Å². The number of nitrogens with two attached hydrogens (primary N) is 1. The first-order valence-electron chi connectivity index (χ1n) is 4.22. The van der Waals surface area contributed by atoms with E-state index in [1.54, 1.807) is 4.68 Å². The first-order chi connectivity index (χ1) is 5.65. The summed E-state index contributed by atoms with van der Waals surface area (Å²) >= 11 is 0. The third-order valence-electron chi connectivity index (χ3n) is 1.94. The molecule has 1 rings (SSSR count). The first kappa shape index (κ1) is 8.90. The summed E-state index contributed by atoms with van der Waals surface area (Å²) in [6, 6.07) is 1.68. The number of aromatic amines is 1. The van der Waals surface area contributed by atoms with Crippen molar-refractivity contribution in [2.24, 2.45) is 0 Å². The molecule has 12 heavy (non-hydrogen) atoms. The lowest BCUT2D eigenvalue weighted by Gasteiger charge is -2.12. The van der Waals surface area contributed by atoms with Crippen LogP contribution < -0.4 is 11.3 Å². The molecular formula is C8H15N3O. The summed E-state index contributed by atoms with van der Waals surface area (Å²) in [7, 11) is 0. The summed E-state index contributed by atoms with van der Waals surface area (Å²) in [5.41, 5.74) is 5.48. The molecular weight excluding hydrogens is 154 g/mol. The number of hydrogen-bond acceptors (Lipinski definition) is 2. The number of anilines is 1. The van der Waals surface area contributed by atoms with Crippen molar-refractivity contribution in [3.8, 4) is 0 Å². The van der Waals surface area contributed by atoms with Gasteiger partial charge in [0.05, 0.1) is 0 Å². The van der Waals surface area contributed by atoms with Gasteiger partial charge in [-0.2, -0.15) is 0 Å². The van der Waals surface area contributed by atoms with Crippen LogP contribution >= 0.6 is 0 Å². The monoisotopic (exact) mass is 169 g/mol. The minimum atomic E-state index is -0.129. The Hall–Kier alpha value is -1.19. The zero-order chi connectivity index (χ0) is 9.14. The summed E-state index contributed by atoms with van der Waals surface area (Å²) < 4.78 is 1.71. The molecule has 0 amide bonds. The lowest BCUT2D eigenvalue weighted by atomic mass is 10.2. The fourth-order valence-corrected chi connectivity index (χ4v) is 1.33. The molecule has 0 fully saturated rings. The lowest BCUT2D eigenvalue weighted by molar-refractivity contribution is 0.458. The predicted molar refractivity (Wildman–Crippen MR) is 49.1 cm³/mol. The maximum Gasteiger partial charge on any atom is 0.266 e. The van der Waals surface area contributed by atoms with Crippen LogP contribution in [0.2, 0.25) is 0 Å².